The van der Waals surface area contributed by atoms with E-state index in [9.17, 15) is 9.90 Å². The highest BCUT2D eigenvalue weighted by atomic mass is 16.3. The molecule has 2 unspecified atom stereocenters. The van der Waals surface area contributed by atoms with Crippen molar-refractivity contribution >= 4 is 22.4 Å². The lowest BCUT2D eigenvalue weighted by molar-refractivity contribution is -0.114. The van der Waals surface area contributed by atoms with Gasteiger partial charge in [0.15, 0.2) is 0 Å². The molecule has 4 nitrogen and oxygen atoms in total. The maximum absolute atomic E-state index is 11.2. The number of rotatable bonds is 6. The number of carbonyl (C=O) groups is 1. The van der Waals surface area contributed by atoms with Crippen LogP contribution in [0.2, 0.25) is 0 Å². The number of hydrogen-bond donors (Lipinski definition) is 3. The fourth-order valence-electron chi connectivity index (χ4n) is 3.03. The van der Waals surface area contributed by atoms with E-state index in [1.165, 1.54) is 12.3 Å². The second-order valence-electron chi connectivity index (χ2n) is 6.56. The van der Waals surface area contributed by atoms with E-state index in [-0.39, 0.29) is 11.9 Å². The third kappa shape index (κ3) is 4.48. The Bertz CT molecular complexity index is 907. The Morgan fingerprint density at radius 2 is 1.73 bits per heavy atom. The molecule has 0 bridgehead atoms. The van der Waals surface area contributed by atoms with Gasteiger partial charge in [0.2, 0.25) is 5.91 Å². The minimum absolute atomic E-state index is 0.0545. The quantitative estimate of drug-likeness (QED) is 0.626. The zero-order valence-corrected chi connectivity index (χ0v) is 15.1. The van der Waals surface area contributed by atoms with Crippen LogP contribution in [-0.4, -0.2) is 17.6 Å². The van der Waals surface area contributed by atoms with Crippen molar-refractivity contribution in [3.8, 4) is 0 Å². The monoisotopic (exact) mass is 348 g/mol. The first-order valence-corrected chi connectivity index (χ1v) is 8.80. The molecule has 0 aliphatic carbocycles. The van der Waals surface area contributed by atoms with Crippen molar-refractivity contribution < 1.29 is 9.90 Å². The molecule has 0 aliphatic heterocycles. The van der Waals surface area contributed by atoms with Crippen molar-refractivity contribution in [2.45, 2.75) is 26.0 Å². The Balaban J connectivity index is 1.64. The van der Waals surface area contributed by atoms with Crippen LogP contribution in [0.5, 0.6) is 0 Å². The summed E-state index contributed by atoms with van der Waals surface area (Å²) in [5.41, 5.74) is 2.73. The van der Waals surface area contributed by atoms with Gasteiger partial charge in [-0.2, -0.15) is 0 Å². The first kappa shape index (κ1) is 18.1. The molecule has 0 aromatic heterocycles. The number of hydrogen-bond acceptors (Lipinski definition) is 3. The molecule has 3 aromatic carbocycles. The van der Waals surface area contributed by atoms with E-state index in [4.69, 9.17) is 0 Å². The van der Waals surface area contributed by atoms with Crippen molar-refractivity contribution in [3.05, 3.63) is 77.9 Å². The summed E-state index contributed by atoms with van der Waals surface area (Å²) < 4.78 is 0. The molecule has 4 heteroatoms. The van der Waals surface area contributed by atoms with Crippen molar-refractivity contribution in [1.29, 1.82) is 0 Å². The van der Waals surface area contributed by atoms with Gasteiger partial charge in [0.05, 0.1) is 6.10 Å². The van der Waals surface area contributed by atoms with Crippen molar-refractivity contribution in [2.24, 2.45) is 0 Å². The van der Waals surface area contributed by atoms with Gasteiger partial charge in [0.1, 0.15) is 0 Å². The van der Waals surface area contributed by atoms with Gasteiger partial charge < -0.3 is 15.7 Å². The summed E-state index contributed by atoms with van der Waals surface area (Å²) in [6.07, 6.45) is -0.583. The van der Waals surface area contributed by atoms with Crippen LogP contribution < -0.4 is 10.6 Å². The summed E-state index contributed by atoms with van der Waals surface area (Å²) in [4.78, 5) is 11.2. The topological polar surface area (TPSA) is 61.4 Å². The van der Waals surface area contributed by atoms with Gasteiger partial charge in [-0.25, -0.2) is 0 Å². The third-order valence-electron chi connectivity index (χ3n) is 4.48. The number of carbonyl (C=O) groups excluding carboxylic acids is 1. The van der Waals surface area contributed by atoms with Crippen LogP contribution in [0.25, 0.3) is 10.8 Å². The summed E-state index contributed by atoms with van der Waals surface area (Å²) in [5.74, 6) is -0.0884. The first-order valence-electron chi connectivity index (χ1n) is 8.80. The van der Waals surface area contributed by atoms with E-state index in [1.807, 2.05) is 61.5 Å². The molecule has 0 aliphatic rings. The van der Waals surface area contributed by atoms with Gasteiger partial charge in [-0.15, -0.1) is 0 Å². The predicted molar refractivity (Wildman–Crippen MR) is 106 cm³/mol. The number of aliphatic hydroxyl groups is 1. The lowest BCUT2D eigenvalue weighted by Crippen LogP contribution is -2.24. The van der Waals surface area contributed by atoms with Gasteiger partial charge in [-0.1, -0.05) is 48.5 Å². The minimum atomic E-state index is -0.583. The van der Waals surface area contributed by atoms with E-state index >= 15 is 0 Å². The van der Waals surface area contributed by atoms with E-state index in [1.54, 1.807) is 0 Å². The maximum Gasteiger partial charge on any atom is 0.221 e. The zero-order chi connectivity index (χ0) is 18.5. The lowest BCUT2D eigenvalue weighted by atomic mass is 10.0. The summed E-state index contributed by atoms with van der Waals surface area (Å²) in [6.45, 7) is 3.98. The number of anilines is 1. The van der Waals surface area contributed by atoms with Crippen LogP contribution in [0, 0.1) is 0 Å². The van der Waals surface area contributed by atoms with Gasteiger partial charge in [-0.3, -0.25) is 4.79 Å². The standard InChI is InChI=1S/C22H24N2O2/c1-15(18-8-5-9-21(13-18)24-16(2)25)23-14-22(26)20-11-10-17-6-3-4-7-19(17)12-20/h3-13,15,22-23,26H,14H2,1-2H3,(H,24,25). The van der Waals surface area contributed by atoms with Crippen LogP contribution in [0.15, 0.2) is 66.7 Å². The fraction of sp³-hybridized carbons (Fsp3) is 0.227. The Labute approximate surface area is 153 Å². The average molecular weight is 348 g/mol. The van der Waals surface area contributed by atoms with E-state index < -0.39 is 6.10 Å². The Kier molecular flexibility index (Phi) is 5.66. The summed E-state index contributed by atoms with van der Waals surface area (Å²) in [5, 5.41) is 19.0. The zero-order valence-electron chi connectivity index (χ0n) is 15.1. The molecule has 2 atom stereocenters. The Morgan fingerprint density at radius 1 is 0.962 bits per heavy atom. The molecule has 0 spiro atoms. The first-order chi connectivity index (χ1) is 12.5. The molecule has 26 heavy (non-hydrogen) atoms. The van der Waals surface area contributed by atoms with Crippen LogP contribution in [0.3, 0.4) is 0 Å². The molecule has 3 rings (SSSR count). The van der Waals surface area contributed by atoms with Crippen molar-refractivity contribution in [1.82, 2.24) is 5.32 Å². The molecule has 134 valence electrons. The molecule has 3 aromatic rings. The minimum Gasteiger partial charge on any atom is -0.387 e. The molecule has 0 radical (unpaired) electrons. The number of nitrogens with one attached hydrogen (secondary N) is 2. The van der Waals surface area contributed by atoms with Gasteiger partial charge >= 0.3 is 0 Å². The second kappa shape index (κ2) is 8.13. The van der Waals surface area contributed by atoms with Crippen LogP contribution in [0.4, 0.5) is 5.69 Å². The second-order valence-corrected chi connectivity index (χ2v) is 6.56. The number of benzene rings is 3. The van der Waals surface area contributed by atoms with Crippen LogP contribution in [0.1, 0.15) is 37.1 Å². The number of aliphatic hydroxyl groups excluding tert-OH is 1. The SMILES string of the molecule is CC(=O)Nc1cccc(C(C)NCC(O)c2ccc3ccccc3c2)c1. The summed E-state index contributed by atoms with van der Waals surface area (Å²) in [7, 11) is 0. The third-order valence-corrected chi connectivity index (χ3v) is 4.48. The highest BCUT2D eigenvalue weighted by Gasteiger charge is 2.12. The van der Waals surface area contributed by atoms with Crippen molar-refractivity contribution in [3.63, 3.8) is 0 Å². The molecular weight excluding hydrogens is 324 g/mol. The normalized spacial score (nSPS) is 13.3. The Hall–Kier alpha value is -2.69. The molecule has 1 amide bonds. The molecular formula is C22H24N2O2. The van der Waals surface area contributed by atoms with Gasteiger partial charge in [0.25, 0.3) is 0 Å². The average Bonchev–Trinajstić information content (AvgIpc) is 2.65. The highest BCUT2D eigenvalue weighted by Crippen LogP contribution is 2.22. The van der Waals surface area contributed by atoms with E-state index in [0.717, 1.165) is 22.2 Å². The van der Waals surface area contributed by atoms with E-state index in [2.05, 4.69) is 22.8 Å². The van der Waals surface area contributed by atoms with Gasteiger partial charge in [0, 0.05) is 25.2 Å². The molecule has 0 fully saturated rings. The largest absolute Gasteiger partial charge is 0.387 e. The molecule has 0 saturated carbocycles. The number of fused-ring (bicyclic) bond motifs is 1. The fourth-order valence-corrected chi connectivity index (χ4v) is 3.03. The maximum atomic E-state index is 11.2. The van der Waals surface area contributed by atoms with E-state index in [0.29, 0.717) is 6.54 Å². The lowest BCUT2D eigenvalue weighted by Gasteiger charge is -2.19. The molecule has 0 saturated heterocycles. The predicted octanol–water partition coefficient (Wildman–Crippen LogP) is 4.18. The number of amides is 1. The summed E-state index contributed by atoms with van der Waals surface area (Å²) in [6, 6.07) is 21.9. The molecule has 3 N–H and O–H groups in total. The van der Waals surface area contributed by atoms with Crippen molar-refractivity contribution in [2.75, 3.05) is 11.9 Å². The summed E-state index contributed by atoms with van der Waals surface area (Å²) >= 11 is 0. The highest BCUT2D eigenvalue weighted by molar-refractivity contribution is 5.88. The smallest absolute Gasteiger partial charge is 0.221 e. The Morgan fingerprint density at radius 3 is 2.50 bits per heavy atom. The molecule has 0 heterocycles. The van der Waals surface area contributed by atoms with Crippen LogP contribution in [-0.2, 0) is 4.79 Å². The van der Waals surface area contributed by atoms with Crippen LogP contribution >= 0.6 is 0 Å². The van der Waals surface area contributed by atoms with Gasteiger partial charge in [-0.05, 0) is 47.0 Å².